The first-order valence-electron chi connectivity index (χ1n) is 27.4. The van der Waals surface area contributed by atoms with Crippen LogP contribution in [0, 0.1) is 12.3 Å². The van der Waals surface area contributed by atoms with Gasteiger partial charge in [0.25, 0.3) is 5.56 Å². The van der Waals surface area contributed by atoms with Crippen molar-refractivity contribution >= 4 is 102 Å². The van der Waals surface area contributed by atoms with Crippen LogP contribution in [0.1, 0.15) is 91.0 Å². The molecule has 0 amide bonds. The van der Waals surface area contributed by atoms with Crippen LogP contribution in [-0.2, 0) is 35.5 Å². The fourth-order valence-electron chi connectivity index (χ4n) is 10.5. The van der Waals surface area contributed by atoms with Crippen LogP contribution in [0.5, 0.6) is 23.3 Å². The molecule has 12 rings (SSSR count). The zero-order valence-corrected chi connectivity index (χ0v) is 52.6. The number of piperidine rings is 1. The normalized spacial score (nSPS) is 16.5. The molecule has 25 heteroatoms. The Balaban J connectivity index is 0.000000143. The molecule has 0 radical (unpaired) electrons. The lowest BCUT2D eigenvalue weighted by Crippen LogP contribution is -2.51. The third-order valence-electron chi connectivity index (χ3n) is 15.1. The van der Waals surface area contributed by atoms with Crippen molar-refractivity contribution in [1.29, 1.82) is 0 Å². The SMILES string of the molecule is COc1ccc(COc2nc(Cl)nc3c2C(c2ccnc(C)c2Cl)=CC3)cc1.COc1ccc(COc2nc(Cl)nc3c2c(Br)cn3C(=O)OC(C)(C)C)cc1.C[C@@H]1OCC2(CCN(c3nc4c(c(=O)[nH]3)C(c3ccnc(N)c3Cl)=CC4)CC2)[C@@H]1N. The number of nitrogens with zero attached hydrogens (tertiary/aromatic N) is 9. The molecule has 6 aromatic heterocycles. The number of hydrogen-bond acceptors (Lipinski definition) is 18. The van der Waals surface area contributed by atoms with Crippen LogP contribution >= 0.6 is 62.3 Å². The number of carbonyl (C=O) groups is 1. The predicted octanol–water partition coefficient (Wildman–Crippen LogP) is 12.0. The Kier molecular flexibility index (Phi) is 18.6. The van der Waals surface area contributed by atoms with E-state index in [0.29, 0.717) is 74.6 Å². The van der Waals surface area contributed by atoms with Gasteiger partial charge < -0.3 is 44.8 Å². The van der Waals surface area contributed by atoms with Crippen molar-refractivity contribution in [2.45, 2.75) is 91.3 Å². The summed E-state index contributed by atoms with van der Waals surface area (Å²) in [6, 6.07) is 18.8. The van der Waals surface area contributed by atoms with Crippen LogP contribution in [0.15, 0.2) is 101 Å². The number of nitrogens with one attached hydrogen (secondary N) is 1. The van der Waals surface area contributed by atoms with Crippen molar-refractivity contribution in [1.82, 2.24) is 44.4 Å². The maximum atomic E-state index is 13.0. The van der Waals surface area contributed by atoms with Crippen molar-refractivity contribution in [2.24, 2.45) is 11.1 Å². The second-order valence-electron chi connectivity index (χ2n) is 21.8. The number of fused-ring (bicyclic) bond motifs is 3. The van der Waals surface area contributed by atoms with Gasteiger partial charge in [0.05, 0.1) is 75.0 Å². The van der Waals surface area contributed by atoms with Gasteiger partial charge in [0.15, 0.2) is 5.65 Å². The number of anilines is 2. The van der Waals surface area contributed by atoms with E-state index in [9.17, 15) is 9.59 Å². The Labute approximate surface area is 524 Å². The van der Waals surface area contributed by atoms with Gasteiger partial charge in [-0.25, -0.2) is 24.3 Å². The number of allylic oxidation sites excluding steroid dienone is 2. The second-order valence-corrected chi connectivity index (χ2v) is 24.1. The monoisotopic (exact) mass is 1310 g/mol. The summed E-state index contributed by atoms with van der Waals surface area (Å²) < 4.78 is 35.3. The number of hydrogen-bond donors (Lipinski definition) is 3. The standard InChI is InChI=1S/C21H17Cl2N3O2.C21H25ClN6O2.C19H19BrClN3O4/c1-12-19(22)16(9-10-24-12)15-7-8-17-18(15)20(26-21(23)25-17)28-11-13-3-5-14(27-2)6-4-13;1-11-17(23)21(10-30-11)5-8-28(9-6-21)20-26-14-3-2-12(15(14)19(29)27-20)13-4-7-25-18(24)16(13)22;1-19(2,3)28-18(25)24-9-13(20)14-15(24)22-17(21)23-16(14)27-10-11-5-7-12(26-4)8-6-11/h3-7,9-10H,8,11H2,1-2H3;2,4,7,11,17H,3,5-6,8-10,23H2,1H3,(H2,24,25)(H,26,27,29);5-9H,10H2,1-4H3/t;11-,17+;/m.0./s1. The summed E-state index contributed by atoms with van der Waals surface area (Å²) in [5.74, 6) is 3.12. The highest BCUT2D eigenvalue weighted by Gasteiger charge is 2.48. The molecule has 0 saturated carbocycles. The molecule has 2 fully saturated rings. The maximum Gasteiger partial charge on any atom is 0.420 e. The average Bonchev–Trinajstić information content (AvgIpc) is 1.87. The number of carbonyl (C=O) groups excluding carboxylic acids is 1. The molecule has 448 valence electrons. The molecular weight excluding hydrogens is 1250 g/mol. The van der Waals surface area contributed by atoms with Crippen molar-refractivity contribution in [3.63, 3.8) is 0 Å². The molecule has 5 N–H and O–H groups in total. The van der Waals surface area contributed by atoms with Crippen molar-refractivity contribution in [3.8, 4) is 23.3 Å². The van der Waals surface area contributed by atoms with Crippen molar-refractivity contribution in [2.75, 3.05) is 44.5 Å². The molecular formula is C61H61BrCl4N12O8. The summed E-state index contributed by atoms with van der Waals surface area (Å²) in [4.78, 5) is 60.7. The lowest BCUT2D eigenvalue weighted by atomic mass is 9.73. The number of benzene rings is 2. The van der Waals surface area contributed by atoms with Gasteiger partial charge in [0, 0.05) is 67.1 Å². The second kappa shape index (κ2) is 25.9. The number of halogens is 5. The lowest BCUT2D eigenvalue weighted by Gasteiger charge is -2.41. The van der Waals surface area contributed by atoms with Gasteiger partial charge in [-0.3, -0.25) is 14.8 Å². The quantitative estimate of drug-likeness (QED) is 0.102. The lowest BCUT2D eigenvalue weighted by molar-refractivity contribution is 0.0543. The Morgan fingerprint density at radius 3 is 1.93 bits per heavy atom. The third-order valence-corrected chi connectivity index (χ3v) is 16.9. The fraction of sp³-hybridized carbons (Fsp3) is 0.328. The number of nitrogens with two attached hydrogens (primary N) is 2. The number of ether oxygens (including phenoxy) is 6. The number of nitrogen functional groups attached to an aromatic ring is 1. The van der Waals surface area contributed by atoms with E-state index >= 15 is 0 Å². The zero-order valence-electron chi connectivity index (χ0n) is 48.0. The number of aromatic amines is 1. The number of H-pyrrole nitrogens is 1. The number of rotatable bonds is 11. The molecule has 2 atom stereocenters. The highest BCUT2D eigenvalue weighted by atomic mass is 79.9. The van der Waals surface area contributed by atoms with E-state index in [2.05, 4.69) is 61.8 Å². The van der Waals surface area contributed by atoms with Gasteiger partial charge in [-0.1, -0.05) is 59.6 Å². The minimum atomic E-state index is -0.648. The van der Waals surface area contributed by atoms with E-state index in [1.165, 1.54) is 4.57 Å². The molecule has 0 unspecified atom stereocenters. The van der Waals surface area contributed by atoms with Gasteiger partial charge in [-0.2, -0.15) is 15.0 Å². The van der Waals surface area contributed by atoms with Crippen molar-refractivity contribution in [3.05, 3.63) is 177 Å². The molecule has 2 aliphatic heterocycles. The summed E-state index contributed by atoms with van der Waals surface area (Å²) in [5, 5.41) is 1.62. The van der Waals surface area contributed by atoms with Crippen LogP contribution in [0.2, 0.25) is 20.6 Å². The van der Waals surface area contributed by atoms with E-state index in [-0.39, 0.29) is 52.0 Å². The molecule has 4 aliphatic rings. The number of pyridine rings is 2. The molecule has 8 heterocycles. The summed E-state index contributed by atoms with van der Waals surface area (Å²) in [6.07, 6.45) is 11.5. The van der Waals surface area contributed by atoms with E-state index in [1.807, 2.05) is 74.5 Å². The van der Waals surface area contributed by atoms with Crippen LogP contribution in [-0.4, -0.2) is 102 Å². The van der Waals surface area contributed by atoms with E-state index in [1.54, 1.807) is 59.6 Å². The molecule has 1 spiro atoms. The minimum Gasteiger partial charge on any atom is -0.497 e. The fourth-order valence-corrected chi connectivity index (χ4v) is 11.9. The summed E-state index contributed by atoms with van der Waals surface area (Å²) in [6.45, 7) is 12.2. The molecule has 86 heavy (non-hydrogen) atoms. The van der Waals surface area contributed by atoms with Gasteiger partial charge in [-0.15, -0.1) is 0 Å². The summed E-state index contributed by atoms with van der Waals surface area (Å²) >= 11 is 28.5. The number of methoxy groups -OCH3 is 2. The van der Waals surface area contributed by atoms with Crippen LogP contribution in [0.3, 0.4) is 0 Å². The molecule has 2 aliphatic carbocycles. The Morgan fingerprint density at radius 1 is 0.779 bits per heavy atom. The highest BCUT2D eigenvalue weighted by molar-refractivity contribution is 9.10. The molecule has 20 nitrogen and oxygen atoms in total. The zero-order chi connectivity index (χ0) is 61.2. The molecule has 2 aromatic carbocycles. The Bertz CT molecular complexity index is 3980. The predicted molar refractivity (Wildman–Crippen MR) is 335 cm³/mol. The molecule has 0 bridgehead atoms. The Morgan fingerprint density at radius 2 is 1.34 bits per heavy atom. The van der Waals surface area contributed by atoms with Gasteiger partial charge in [0.1, 0.15) is 36.1 Å². The minimum absolute atomic E-state index is 0.0275. The van der Waals surface area contributed by atoms with E-state index in [0.717, 1.165) is 87.9 Å². The largest absolute Gasteiger partial charge is 0.497 e. The van der Waals surface area contributed by atoms with Gasteiger partial charge in [0.2, 0.25) is 28.3 Å². The first kappa shape index (κ1) is 61.7. The van der Waals surface area contributed by atoms with E-state index in [4.69, 9.17) is 91.3 Å². The number of aromatic nitrogens is 9. The van der Waals surface area contributed by atoms with E-state index < -0.39 is 11.7 Å². The topological polar surface area (TPSA) is 256 Å². The van der Waals surface area contributed by atoms with Gasteiger partial charge >= 0.3 is 6.09 Å². The third kappa shape index (κ3) is 13.3. The average molecular weight is 1310 g/mol. The summed E-state index contributed by atoms with van der Waals surface area (Å²) in [5.41, 5.74) is 20.7. The first-order valence-corrected chi connectivity index (χ1v) is 29.7. The number of aryl methyl sites for hydroxylation is 1. The van der Waals surface area contributed by atoms with Crippen LogP contribution < -0.4 is 40.9 Å². The molecule has 8 aromatic rings. The highest BCUT2D eigenvalue weighted by Crippen LogP contribution is 2.44. The van der Waals surface area contributed by atoms with Crippen LogP contribution in [0.25, 0.3) is 22.2 Å². The van der Waals surface area contributed by atoms with Gasteiger partial charge in [-0.05, 0) is 145 Å². The Hall–Kier alpha value is -7.37. The van der Waals surface area contributed by atoms with Crippen LogP contribution in [0.4, 0.5) is 16.6 Å². The maximum absolute atomic E-state index is 13.0. The smallest absolute Gasteiger partial charge is 0.420 e. The van der Waals surface area contributed by atoms with Crippen molar-refractivity contribution < 1.29 is 33.2 Å². The first-order chi connectivity index (χ1) is 41.1. The molecule has 2 saturated heterocycles. The summed E-state index contributed by atoms with van der Waals surface area (Å²) in [7, 11) is 3.25.